The smallest absolute Gasteiger partial charge is 0.416 e. The fourth-order valence-corrected chi connectivity index (χ4v) is 5.95. The number of alkyl halides is 6. The summed E-state index contributed by atoms with van der Waals surface area (Å²) < 4.78 is 103. The topological polar surface area (TPSA) is 140 Å². The van der Waals surface area contributed by atoms with Crippen LogP contribution in [0, 0.1) is 26.1 Å². The molecule has 0 aromatic heterocycles. The molecule has 17 heteroatoms. The Hall–Kier alpha value is -6.39. The molecule has 6 rings (SSSR count). The number of hydrogen-bond donors (Lipinski definition) is 0. The molecule has 268 valence electrons. The van der Waals surface area contributed by atoms with E-state index in [1.807, 2.05) is 0 Å². The van der Waals surface area contributed by atoms with Crippen molar-refractivity contribution in [3.8, 4) is 11.5 Å². The van der Waals surface area contributed by atoms with Gasteiger partial charge in [0.1, 0.15) is 23.4 Å². The maximum Gasteiger partial charge on any atom is 0.416 e. The van der Waals surface area contributed by atoms with Crippen LogP contribution in [0.1, 0.15) is 34.0 Å². The van der Waals surface area contributed by atoms with Crippen molar-refractivity contribution in [1.29, 1.82) is 0 Å². The number of ether oxygens (including phenoxy) is 4. The van der Waals surface area contributed by atoms with Crippen LogP contribution in [0.4, 0.5) is 37.7 Å². The highest BCUT2D eigenvalue weighted by atomic mass is 19.4. The zero-order valence-electron chi connectivity index (χ0n) is 26.4. The van der Waals surface area contributed by atoms with Gasteiger partial charge in [0, 0.05) is 29.3 Å². The predicted molar refractivity (Wildman–Crippen MR) is 168 cm³/mol. The number of carbonyl (C=O) groups excluding carboxylic acids is 1. The Morgan fingerprint density at radius 2 is 1.50 bits per heavy atom. The lowest BCUT2D eigenvalue weighted by Crippen LogP contribution is -2.44. The Bertz CT molecular complexity index is 2170. The second kappa shape index (κ2) is 12.7. The van der Waals surface area contributed by atoms with Crippen LogP contribution in [0.3, 0.4) is 0 Å². The molecule has 1 spiro atoms. The van der Waals surface area contributed by atoms with Gasteiger partial charge in [-0.05, 0) is 55.5 Å². The second-order valence-corrected chi connectivity index (χ2v) is 11.4. The van der Waals surface area contributed by atoms with Crippen molar-refractivity contribution in [2.24, 2.45) is 5.92 Å². The quantitative estimate of drug-likeness (QED) is 0.0583. The van der Waals surface area contributed by atoms with E-state index < -0.39 is 79.8 Å². The molecule has 0 amide bonds. The number of benzene rings is 3. The van der Waals surface area contributed by atoms with Crippen LogP contribution in [0.25, 0.3) is 0 Å². The Kier molecular flexibility index (Phi) is 8.68. The molecule has 1 fully saturated rings. The molecule has 2 aliphatic heterocycles. The monoisotopic (exact) mass is 728 g/mol. The third-order valence-electron chi connectivity index (χ3n) is 8.36. The van der Waals surface area contributed by atoms with Crippen molar-refractivity contribution in [3.05, 3.63) is 163 Å². The van der Waals surface area contributed by atoms with Crippen LogP contribution < -0.4 is 9.47 Å². The number of esters is 1. The van der Waals surface area contributed by atoms with Gasteiger partial charge in [0.2, 0.25) is 5.75 Å². The summed E-state index contributed by atoms with van der Waals surface area (Å²) in [6, 6.07) is 9.86. The Morgan fingerprint density at radius 1 is 0.904 bits per heavy atom. The largest absolute Gasteiger partial charge is 0.475 e. The van der Waals surface area contributed by atoms with Gasteiger partial charge in [0.25, 0.3) is 0 Å². The van der Waals surface area contributed by atoms with E-state index >= 15 is 0 Å². The highest BCUT2D eigenvalue weighted by Gasteiger charge is 2.58. The highest BCUT2D eigenvalue weighted by molar-refractivity contribution is 5.96. The van der Waals surface area contributed by atoms with Crippen LogP contribution in [0.15, 0.2) is 120 Å². The number of allylic oxidation sites excluding steroid dienone is 2. The van der Waals surface area contributed by atoms with Crippen LogP contribution >= 0.6 is 0 Å². The zero-order chi connectivity index (χ0) is 37.7. The van der Waals surface area contributed by atoms with Crippen LogP contribution in [0.2, 0.25) is 0 Å². The van der Waals surface area contributed by atoms with Crippen LogP contribution in [0.5, 0.6) is 11.5 Å². The molecule has 3 aromatic carbocycles. The Labute approximate surface area is 288 Å². The average Bonchev–Trinajstić information content (AvgIpc) is 3.38. The molecular weight excluding hydrogens is 706 g/mol. The molecule has 0 bridgehead atoms. The fraction of sp³-hybridized carbons (Fsp3) is 0.171. The number of carbonyl (C=O) groups is 1. The molecule has 0 N–H and O–H groups in total. The zero-order valence-corrected chi connectivity index (χ0v) is 26.4. The number of nitrogens with zero attached hydrogens (tertiary/aromatic N) is 2. The molecular formula is C35H22F6N2O9. The molecule has 1 aliphatic carbocycles. The Balaban J connectivity index is 1.41. The van der Waals surface area contributed by atoms with Gasteiger partial charge in [-0.15, -0.1) is 0 Å². The van der Waals surface area contributed by atoms with Crippen LogP contribution in [-0.4, -0.2) is 21.9 Å². The summed E-state index contributed by atoms with van der Waals surface area (Å²) in [7, 11) is 0. The van der Waals surface area contributed by atoms with Gasteiger partial charge in [-0.3, -0.25) is 20.2 Å². The van der Waals surface area contributed by atoms with Gasteiger partial charge in [-0.1, -0.05) is 30.9 Å². The van der Waals surface area contributed by atoms with E-state index in [0.29, 0.717) is 29.8 Å². The molecule has 3 aromatic rings. The number of nitro groups is 2. The van der Waals surface area contributed by atoms with E-state index in [-0.39, 0.29) is 28.4 Å². The number of hydrogen-bond acceptors (Lipinski definition) is 9. The van der Waals surface area contributed by atoms with Crippen LogP contribution in [-0.2, 0) is 27.4 Å². The minimum atomic E-state index is -4.87. The average molecular weight is 729 g/mol. The normalized spacial score (nSPS) is 21.9. The Morgan fingerprint density at radius 3 is 2.10 bits per heavy atom. The van der Waals surface area contributed by atoms with Crippen molar-refractivity contribution in [1.82, 2.24) is 0 Å². The first-order chi connectivity index (χ1) is 24.4. The van der Waals surface area contributed by atoms with Gasteiger partial charge in [0.15, 0.2) is 11.4 Å². The van der Waals surface area contributed by atoms with E-state index in [2.05, 4.69) is 6.58 Å². The van der Waals surface area contributed by atoms with Gasteiger partial charge < -0.3 is 18.9 Å². The van der Waals surface area contributed by atoms with Gasteiger partial charge in [-0.2, -0.15) is 26.3 Å². The minimum absolute atomic E-state index is 0.0428. The molecule has 0 radical (unpaired) electrons. The summed E-state index contributed by atoms with van der Waals surface area (Å²) in [6.07, 6.45) is -4.06. The summed E-state index contributed by atoms with van der Waals surface area (Å²) >= 11 is 0. The van der Waals surface area contributed by atoms with Crippen molar-refractivity contribution in [2.75, 3.05) is 0 Å². The summed E-state index contributed by atoms with van der Waals surface area (Å²) in [5.41, 5.74) is -5.50. The third kappa shape index (κ3) is 6.24. The number of halogens is 6. The van der Waals surface area contributed by atoms with Gasteiger partial charge in [-0.25, -0.2) is 4.79 Å². The maximum absolute atomic E-state index is 13.3. The number of rotatable bonds is 7. The fourth-order valence-electron chi connectivity index (χ4n) is 5.95. The SMILES string of the molecule is C=C1/C(=C\C(=C/C)Oc2ccc(C(F)(F)F)cc2[N+](=O)[O-])OC2=CC(Oc3ccc(C(F)(F)F)cc3[N+](=O)[O-])C=CC2C12OC(=O)c1ccccc12. The lowest BCUT2D eigenvalue weighted by atomic mass is 9.71. The summed E-state index contributed by atoms with van der Waals surface area (Å²) in [6.45, 7) is 5.59. The molecule has 2 heterocycles. The molecule has 11 nitrogen and oxygen atoms in total. The van der Waals surface area contributed by atoms with Crippen molar-refractivity contribution in [2.45, 2.75) is 31.0 Å². The molecule has 3 aliphatic rings. The second-order valence-electron chi connectivity index (χ2n) is 11.4. The van der Waals surface area contributed by atoms with E-state index in [1.54, 1.807) is 18.2 Å². The number of nitro benzene ring substituents is 2. The summed E-state index contributed by atoms with van der Waals surface area (Å²) in [5.74, 6) is -2.91. The van der Waals surface area contributed by atoms with Crippen molar-refractivity contribution >= 4 is 17.3 Å². The summed E-state index contributed by atoms with van der Waals surface area (Å²) in [5, 5.41) is 23.4. The minimum Gasteiger partial charge on any atom is -0.475 e. The molecule has 1 saturated heterocycles. The molecule has 52 heavy (non-hydrogen) atoms. The van der Waals surface area contributed by atoms with Crippen molar-refractivity contribution in [3.63, 3.8) is 0 Å². The predicted octanol–water partition coefficient (Wildman–Crippen LogP) is 8.88. The standard InChI is InChI=1S/C35H22F6N2O9/c1-3-21(49-28-12-8-19(34(36,37)38)14-26(28)42(45)46)16-30-18(2)33(24-7-5-4-6-23(24)32(44)52-33)25-11-10-22(17-31(25)51-30)50-29-13-9-20(35(39,40)41)15-27(29)43(47)48/h3-17,22,25H,2H2,1H3/b21-3+,30-16+. The van der Waals surface area contributed by atoms with E-state index in [4.69, 9.17) is 18.9 Å². The van der Waals surface area contributed by atoms with E-state index in [0.717, 1.165) is 12.1 Å². The molecule has 0 saturated carbocycles. The summed E-state index contributed by atoms with van der Waals surface area (Å²) in [4.78, 5) is 34.5. The number of fused-ring (bicyclic) bond motifs is 4. The van der Waals surface area contributed by atoms with E-state index in [1.165, 1.54) is 43.4 Å². The first-order valence-electron chi connectivity index (χ1n) is 15.0. The first-order valence-corrected chi connectivity index (χ1v) is 15.0. The lowest BCUT2D eigenvalue weighted by Gasteiger charge is -2.44. The highest BCUT2D eigenvalue weighted by Crippen LogP contribution is 2.56. The van der Waals surface area contributed by atoms with E-state index in [9.17, 15) is 51.4 Å². The van der Waals surface area contributed by atoms with Crippen molar-refractivity contribution < 1.29 is 59.9 Å². The lowest BCUT2D eigenvalue weighted by molar-refractivity contribution is -0.386. The van der Waals surface area contributed by atoms with Gasteiger partial charge >= 0.3 is 29.7 Å². The van der Waals surface area contributed by atoms with Gasteiger partial charge in [0.05, 0.1) is 32.5 Å². The first kappa shape index (κ1) is 35.4. The maximum atomic E-state index is 13.3. The molecule has 3 unspecified atom stereocenters. The molecule has 3 atom stereocenters. The third-order valence-corrected chi connectivity index (χ3v) is 8.36.